The van der Waals surface area contributed by atoms with Gasteiger partial charge in [0.1, 0.15) is 12.4 Å². The van der Waals surface area contributed by atoms with Crippen LogP contribution in [0.15, 0.2) is 54.6 Å². The predicted molar refractivity (Wildman–Crippen MR) is 77.6 cm³/mol. The van der Waals surface area contributed by atoms with Gasteiger partial charge in [-0.2, -0.15) is 0 Å². The van der Waals surface area contributed by atoms with E-state index in [-0.39, 0.29) is 12.6 Å². The molecule has 0 N–H and O–H groups in total. The van der Waals surface area contributed by atoms with E-state index in [1.165, 1.54) is 0 Å². The Bertz CT molecular complexity index is 549. The fourth-order valence-corrected chi connectivity index (χ4v) is 1.89. The van der Waals surface area contributed by atoms with E-state index in [1.807, 2.05) is 54.6 Å². The molecule has 0 spiro atoms. The second-order valence-electron chi connectivity index (χ2n) is 4.50. The predicted octanol–water partition coefficient (Wildman–Crippen LogP) is 3.37. The van der Waals surface area contributed by atoms with Gasteiger partial charge in [0.25, 0.3) is 0 Å². The van der Waals surface area contributed by atoms with Crippen LogP contribution < -0.4 is 4.74 Å². The molecule has 0 heterocycles. The molecular weight excluding hydrogens is 252 g/mol. The first-order chi connectivity index (χ1) is 9.78. The number of esters is 1. The molecule has 0 aliphatic rings. The third-order valence-electron chi connectivity index (χ3n) is 2.99. The van der Waals surface area contributed by atoms with Crippen molar-refractivity contribution < 1.29 is 14.3 Å². The normalized spacial score (nSPS) is 10.1. The van der Waals surface area contributed by atoms with E-state index in [4.69, 9.17) is 9.47 Å². The average Bonchev–Trinajstić information content (AvgIpc) is 2.52. The van der Waals surface area contributed by atoms with Crippen LogP contribution in [0.1, 0.15) is 17.5 Å². The Balaban J connectivity index is 1.77. The number of carbonyl (C=O) groups excluding carboxylic acids is 1. The van der Waals surface area contributed by atoms with Crippen LogP contribution in [0.25, 0.3) is 0 Å². The van der Waals surface area contributed by atoms with Gasteiger partial charge in [-0.1, -0.05) is 42.5 Å². The highest BCUT2D eigenvalue weighted by Gasteiger charge is 2.04. The minimum absolute atomic E-state index is 0.184. The molecule has 3 heteroatoms. The van der Waals surface area contributed by atoms with E-state index in [2.05, 4.69) is 0 Å². The number of hydrogen-bond donors (Lipinski definition) is 0. The van der Waals surface area contributed by atoms with Gasteiger partial charge in [0.2, 0.25) is 0 Å². The highest BCUT2D eigenvalue weighted by Crippen LogP contribution is 2.13. The van der Waals surface area contributed by atoms with Crippen molar-refractivity contribution in [1.82, 2.24) is 0 Å². The lowest BCUT2D eigenvalue weighted by Gasteiger charge is -2.06. The summed E-state index contributed by atoms with van der Waals surface area (Å²) in [6, 6.07) is 17.4. The Morgan fingerprint density at radius 3 is 2.50 bits per heavy atom. The Hall–Kier alpha value is -2.29. The Morgan fingerprint density at radius 1 is 1.00 bits per heavy atom. The molecule has 104 valence electrons. The van der Waals surface area contributed by atoms with E-state index >= 15 is 0 Å². The van der Waals surface area contributed by atoms with Crippen LogP contribution in [0.2, 0.25) is 0 Å². The molecule has 0 aromatic heterocycles. The summed E-state index contributed by atoms with van der Waals surface area (Å²) < 4.78 is 10.4. The second kappa shape index (κ2) is 7.34. The molecule has 0 saturated heterocycles. The van der Waals surface area contributed by atoms with Gasteiger partial charge in [-0.25, -0.2) is 0 Å². The van der Waals surface area contributed by atoms with Crippen molar-refractivity contribution in [3.8, 4) is 5.75 Å². The first-order valence-corrected chi connectivity index (χ1v) is 6.60. The Morgan fingerprint density at radius 2 is 1.75 bits per heavy atom. The van der Waals surface area contributed by atoms with Gasteiger partial charge < -0.3 is 9.47 Å². The highest BCUT2D eigenvalue weighted by atomic mass is 16.5. The van der Waals surface area contributed by atoms with Gasteiger partial charge in [0, 0.05) is 6.42 Å². The number of hydrogen-bond acceptors (Lipinski definition) is 3. The molecule has 0 radical (unpaired) electrons. The number of rotatable bonds is 6. The molecular formula is C17H18O3. The summed E-state index contributed by atoms with van der Waals surface area (Å²) in [5, 5.41) is 0. The summed E-state index contributed by atoms with van der Waals surface area (Å²) in [6.45, 7) is 0.283. The summed E-state index contributed by atoms with van der Waals surface area (Å²) in [6.07, 6.45) is 1.10. The molecule has 0 saturated carbocycles. The Labute approximate surface area is 119 Å². The van der Waals surface area contributed by atoms with Crippen LogP contribution in [-0.2, 0) is 22.6 Å². The number of carbonyl (C=O) groups is 1. The lowest BCUT2D eigenvalue weighted by atomic mass is 10.1. The molecule has 0 aliphatic carbocycles. The molecule has 2 rings (SSSR count). The van der Waals surface area contributed by atoms with E-state index in [9.17, 15) is 4.79 Å². The summed E-state index contributed by atoms with van der Waals surface area (Å²) in [4.78, 5) is 11.7. The van der Waals surface area contributed by atoms with Crippen LogP contribution in [0.3, 0.4) is 0 Å². The number of benzene rings is 2. The number of methoxy groups -OCH3 is 1. The van der Waals surface area contributed by atoms with E-state index in [0.29, 0.717) is 12.8 Å². The summed E-state index contributed by atoms with van der Waals surface area (Å²) in [5.41, 5.74) is 2.07. The third-order valence-corrected chi connectivity index (χ3v) is 2.99. The topological polar surface area (TPSA) is 35.5 Å². The summed E-state index contributed by atoms with van der Waals surface area (Å²) >= 11 is 0. The largest absolute Gasteiger partial charge is 0.497 e. The zero-order chi connectivity index (χ0) is 14.2. The van der Waals surface area contributed by atoms with Crippen LogP contribution in [-0.4, -0.2) is 13.1 Å². The van der Waals surface area contributed by atoms with E-state index < -0.39 is 0 Å². The molecule has 0 fully saturated rings. The standard InChI is InChI=1S/C17H18O3/c1-19-16-9-5-8-15(12-16)13-20-17(18)11-10-14-6-3-2-4-7-14/h2-9,12H,10-11,13H2,1H3. The van der Waals surface area contributed by atoms with Gasteiger partial charge >= 0.3 is 5.97 Å². The SMILES string of the molecule is COc1cccc(COC(=O)CCc2ccccc2)c1. The van der Waals surface area contributed by atoms with Crippen molar-refractivity contribution in [2.45, 2.75) is 19.4 Å². The van der Waals surface area contributed by atoms with Gasteiger partial charge in [-0.15, -0.1) is 0 Å². The van der Waals surface area contributed by atoms with Gasteiger partial charge in [-0.3, -0.25) is 4.79 Å². The van der Waals surface area contributed by atoms with Crippen LogP contribution in [0.5, 0.6) is 5.75 Å². The van der Waals surface area contributed by atoms with Crippen molar-refractivity contribution in [2.24, 2.45) is 0 Å². The molecule has 20 heavy (non-hydrogen) atoms. The van der Waals surface area contributed by atoms with Crippen molar-refractivity contribution in [3.63, 3.8) is 0 Å². The minimum Gasteiger partial charge on any atom is -0.497 e. The molecule has 0 bridgehead atoms. The summed E-state index contributed by atoms with van der Waals surface area (Å²) in [7, 11) is 1.62. The molecule has 2 aromatic rings. The van der Waals surface area contributed by atoms with Crippen LogP contribution in [0.4, 0.5) is 0 Å². The highest BCUT2D eigenvalue weighted by molar-refractivity contribution is 5.69. The molecule has 0 amide bonds. The zero-order valence-electron chi connectivity index (χ0n) is 11.5. The minimum atomic E-state index is -0.184. The fourth-order valence-electron chi connectivity index (χ4n) is 1.89. The van der Waals surface area contributed by atoms with E-state index in [0.717, 1.165) is 16.9 Å². The number of ether oxygens (including phenoxy) is 2. The first kappa shape index (κ1) is 14.1. The average molecular weight is 270 g/mol. The maximum absolute atomic E-state index is 11.7. The number of aryl methyl sites for hydroxylation is 1. The van der Waals surface area contributed by atoms with Crippen molar-refractivity contribution in [1.29, 1.82) is 0 Å². The monoisotopic (exact) mass is 270 g/mol. The molecule has 0 atom stereocenters. The van der Waals surface area contributed by atoms with Gasteiger partial charge in [0.15, 0.2) is 0 Å². The maximum atomic E-state index is 11.7. The van der Waals surface area contributed by atoms with Crippen molar-refractivity contribution in [2.75, 3.05) is 7.11 Å². The molecule has 3 nitrogen and oxygen atoms in total. The second-order valence-corrected chi connectivity index (χ2v) is 4.50. The Kier molecular flexibility index (Phi) is 5.18. The molecule has 0 aliphatic heterocycles. The lowest BCUT2D eigenvalue weighted by Crippen LogP contribution is -2.06. The quantitative estimate of drug-likeness (QED) is 0.755. The van der Waals surface area contributed by atoms with E-state index in [1.54, 1.807) is 7.11 Å². The zero-order valence-corrected chi connectivity index (χ0v) is 11.5. The smallest absolute Gasteiger partial charge is 0.306 e. The molecule has 2 aromatic carbocycles. The van der Waals surface area contributed by atoms with Crippen LogP contribution >= 0.6 is 0 Å². The fraction of sp³-hybridized carbons (Fsp3) is 0.235. The molecule has 0 unspecified atom stereocenters. The summed E-state index contributed by atoms with van der Waals surface area (Å²) in [5.74, 6) is 0.583. The first-order valence-electron chi connectivity index (χ1n) is 6.60. The van der Waals surface area contributed by atoms with Gasteiger partial charge in [0.05, 0.1) is 7.11 Å². The van der Waals surface area contributed by atoms with Crippen molar-refractivity contribution >= 4 is 5.97 Å². The maximum Gasteiger partial charge on any atom is 0.306 e. The van der Waals surface area contributed by atoms with Crippen molar-refractivity contribution in [3.05, 3.63) is 65.7 Å². The lowest BCUT2D eigenvalue weighted by molar-refractivity contribution is -0.144. The van der Waals surface area contributed by atoms with Gasteiger partial charge in [-0.05, 0) is 29.7 Å². The third kappa shape index (κ3) is 4.43. The van der Waals surface area contributed by atoms with Crippen LogP contribution in [0, 0.1) is 0 Å².